The lowest BCUT2D eigenvalue weighted by Gasteiger charge is -2.30. The molecular formula is C17H25NO4. The second kappa shape index (κ2) is 8.61. The van der Waals surface area contributed by atoms with Gasteiger partial charge in [0.1, 0.15) is 0 Å². The maximum absolute atomic E-state index is 12.7. The Bertz CT molecular complexity index is 461. The Morgan fingerprint density at radius 2 is 2.00 bits per heavy atom. The van der Waals surface area contributed by atoms with E-state index in [0.717, 1.165) is 25.7 Å². The highest BCUT2D eigenvalue weighted by Gasteiger charge is 2.27. The van der Waals surface area contributed by atoms with Gasteiger partial charge in [-0.3, -0.25) is 9.59 Å². The van der Waals surface area contributed by atoms with Crippen LogP contribution in [0.2, 0.25) is 0 Å². The van der Waals surface area contributed by atoms with Gasteiger partial charge in [0.2, 0.25) is 0 Å². The predicted octanol–water partition coefficient (Wildman–Crippen LogP) is 3.40. The van der Waals surface area contributed by atoms with E-state index in [9.17, 15) is 9.59 Å². The van der Waals surface area contributed by atoms with Crippen LogP contribution in [0.1, 0.15) is 62.4 Å². The van der Waals surface area contributed by atoms with Crippen LogP contribution in [0, 0.1) is 0 Å². The predicted molar refractivity (Wildman–Crippen MR) is 82.5 cm³/mol. The van der Waals surface area contributed by atoms with Gasteiger partial charge in [0.25, 0.3) is 5.91 Å². The van der Waals surface area contributed by atoms with E-state index in [-0.39, 0.29) is 24.3 Å². The van der Waals surface area contributed by atoms with Crippen molar-refractivity contribution in [2.45, 2.75) is 57.9 Å². The van der Waals surface area contributed by atoms with Crippen molar-refractivity contribution in [2.75, 3.05) is 13.2 Å². The van der Waals surface area contributed by atoms with Gasteiger partial charge >= 0.3 is 5.97 Å². The molecule has 1 saturated carbocycles. The number of ether oxygens (including phenoxy) is 1. The second-order valence-electron chi connectivity index (χ2n) is 5.68. The summed E-state index contributed by atoms with van der Waals surface area (Å²) in [7, 11) is 0. The third-order valence-electron chi connectivity index (χ3n) is 4.12. The normalized spacial score (nSPS) is 16.0. The SMILES string of the molecule is CCOC(=O)CCN(C(=O)c1ccco1)C1CCCCCC1. The van der Waals surface area contributed by atoms with Gasteiger partial charge in [-0.25, -0.2) is 0 Å². The van der Waals surface area contributed by atoms with Crippen LogP contribution < -0.4 is 0 Å². The standard InChI is InChI=1S/C17H25NO4/c1-2-21-16(19)11-12-18(14-8-5-3-4-6-9-14)17(20)15-10-7-13-22-15/h7,10,13-14H,2-6,8-9,11-12H2,1H3. The smallest absolute Gasteiger partial charge is 0.307 e. The molecule has 0 bridgehead atoms. The minimum atomic E-state index is -0.256. The lowest BCUT2D eigenvalue weighted by molar-refractivity contribution is -0.143. The molecule has 2 rings (SSSR count). The van der Waals surface area contributed by atoms with Gasteiger partial charge in [-0.05, 0) is 31.9 Å². The molecule has 0 atom stereocenters. The van der Waals surface area contributed by atoms with E-state index >= 15 is 0 Å². The molecule has 122 valence electrons. The third kappa shape index (κ3) is 4.61. The van der Waals surface area contributed by atoms with Crippen LogP contribution in [0.3, 0.4) is 0 Å². The average Bonchev–Trinajstić information content (AvgIpc) is 2.92. The van der Waals surface area contributed by atoms with Gasteiger partial charge in [0, 0.05) is 12.6 Å². The molecule has 22 heavy (non-hydrogen) atoms. The lowest BCUT2D eigenvalue weighted by Crippen LogP contribution is -2.41. The molecule has 0 aliphatic heterocycles. The highest BCUT2D eigenvalue weighted by atomic mass is 16.5. The number of carbonyl (C=O) groups is 2. The van der Waals surface area contributed by atoms with Gasteiger partial charge in [0.15, 0.2) is 5.76 Å². The number of esters is 1. The summed E-state index contributed by atoms with van der Waals surface area (Å²) >= 11 is 0. The molecule has 1 aromatic heterocycles. The summed E-state index contributed by atoms with van der Waals surface area (Å²) in [4.78, 5) is 26.1. The summed E-state index contributed by atoms with van der Waals surface area (Å²) in [5, 5.41) is 0. The van der Waals surface area contributed by atoms with E-state index in [2.05, 4.69) is 0 Å². The molecule has 5 nitrogen and oxygen atoms in total. The van der Waals surface area contributed by atoms with Gasteiger partial charge < -0.3 is 14.1 Å². The zero-order chi connectivity index (χ0) is 15.8. The molecule has 0 radical (unpaired) electrons. The van der Waals surface area contributed by atoms with Crippen molar-refractivity contribution >= 4 is 11.9 Å². The number of rotatable bonds is 6. The molecule has 1 aliphatic rings. The molecule has 1 aromatic rings. The molecular weight excluding hydrogens is 282 g/mol. The topological polar surface area (TPSA) is 59.8 Å². The average molecular weight is 307 g/mol. The summed E-state index contributed by atoms with van der Waals surface area (Å²) in [5.41, 5.74) is 0. The number of carbonyl (C=O) groups excluding carboxylic acids is 2. The minimum Gasteiger partial charge on any atom is -0.466 e. The van der Waals surface area contributed by atoms with E-state index in [4.69, 9.17) is 9.15 Å². The number of furan rings is 1. The Hall–Kier alpha value is -1.78. The first-order valence-corrected chi connectivity index (χ1v) is 8.22. The number of hydrogen-bond donors (Lipinski definition) is 0. The van der Waals surface area contributed by atoms with Crippen molar-refractivity contribution < 1.29 is 18.7 Å². The van der Waals surface area contributed by atoms with Crippen molar-refractivity contribution in [1.82, 2.24) is 4.90 Å². The Kier molecular flexibility index (Phi) is 6.49. The van der Waals surface area contributed by atoms with Crippen molar-refractivity contribution in [1.29, 1.82) is 0 Å². The first-order valence-electron chi connectivity index (χ1n) is 8.22. The van der Waals surface area contributed by atoms with Crippen LogP contribution in [-0.4, -0.2) is 36.0 Å². The summed E-state index contributed by atoms with van der Waals surface area (Å²) in [6.45, 7) is 2.55. The quantitative estimate of drug-likeness (QED) is 0.597. The van der Waals surface area contributed by atoms with Crippen LogP contribution in [0.4, 0.5) is 0 Å². The first kappa shape index (κ1) is 16.6. The first-order chi connectivity index (χ1) is 10.7. The molecule has 0 spiro atoms. The number of nitrogens with zero attached hydrogens (tertiary/aromatic N) is 1. The van der Waals surface area contributed by atoms with E-state index in [1.165, 1.54) is 19.1 Å². The molecule has 0 saturated heterocycles. The third-order valence-corrected chi connectivity index (χ3v) is 4.12. The van der Waals surface area contributed by atoms with Gasteiger partial charge in [0.05, 0.1) is 19.3 Å². The monoisotopic (exact) mass is 307 g/mol. The fraction of sp³-hybridized carbons (Fsp3) is 0.647. The van der Waals surface area contributed by atoms with Gasteiger partial charge in [-0.1, -0.05) is 25.7 Å². The highest BCUT2D eigenvalue weighted by Crippen LogP contribution is 2.24. The molecule has 0 unspecified atom stereocenters. The van der Waals surface area contributed by atoms with E-state index in [0.29, 0.717) is 18.9 Å². The van der Waals surface area contributed by atoms with Crippen LogP contribution in [-0.2, 0) is 9.53 Å². The number of amides is 1. The van der Waals surface area contributed by atoms with Crippen LogP contribution >= 0.6 is 0 Å². The Morgan fingerprint density at radius 1 is 1.27 bits per heavy atom. The molecule has 1 aliphatic carbocycles. The maximum Gasteiger partial charge on any atom is 0.307 e. The molecule has 5 heteroatoms. The van der Waals surface area contributed by atoms with Crippen molar-refractivity contribution in [3.05, 3.63) is 24.2 Å². The zero-order valence-electron chi connectivity index (χ0n) is 13.3. The Balaban J connectivity index is 2.05. The number of hydrogen-bond acceptors (Lipinski definition) is 4. The fourth-order valence-corrected chi connectivity index (χ4v) is 3.01. The van der Waals surface area contributed by atoms with Gasteiger partial charge in [-0.15, -0.1) is 0 Å². The van der Waals surface area contributed by atoms with Crippen LogP contribution in [0.15, 0.2) is 22.8 Å². The molecule has 1 amide bonds. The van der Waals surface area contributed by atoms with Crippen LogP contribution in [0.5, 0.6) is 0 Å². The van der Waals surface area contributed by atoms with Crippen molar-refractivity contribution in [3.8, 4) is 0 Å². The summed E-state index contributed by atoms with van der Waals surface area (Å²) in [5.74, 6) is -0.0392. The van der Waals surface area contributed by atoms with Crippen molar-refractivity contribution in [2.24, 2.45) is 0 Å². The molecule has 0 N–H and O–H groups in total. The fourth-order valence-electron chi connectivity index (χ4n) is 3.01. The van der Waals surface area contributed by atoms with Gasteiger partial charge in [-0.2, -0.15) is 0 Å². The van der Waals surface area contributed by atoms with Crippen molar-refractivity contribution in [3.63, 3.8) is 0 Å². The lowest BCUT2D eigenvalue weighted by atomic mass is 10.1. The molecule has 1 fully saturated rings. The van der Waals surface area contributed by atoms with E-state index in [1.807, 2.05) is 0 Å². The minimum absolute atomic E-state index is 0.124. The zero-order valence-corrected chi connectivity index (χ0v) is 13.3. The molecule has 0 aromatic carbocycles. The largest absolute Gasteiger partial charge is 0.466 e. The Morgan fingerprint density at radius 3 is 2.59 bits per heavy atom. The second-order valence-corrected chi connectivity index (χ2v) is 5.68. The van der Waals surface area contributed by atoms with E-state index < -0.39 is 0 Å². The van der Waals surface area contributed by atoms with Crippen LogP contribution in [0.25, 0.3) is 0 Å². The summed E-state index contributed by atoms with van der Waals surface area (Å²) in [6.07, 6.45) is 8.43. The Labute approximate surface area is 131 Å². The summed E-state index contributed by atoms with van der Waals surface area (Å²) < 4.78 is 10.2. The maximum atomic E-state index is 12.7. The summed E-state index contributed by atoms with van der Waals surface area (Å²) in [6, 6.07) is 3.58. The molecule has 1 heterocycles. The van der Waals surface area contributed by atoms with E-state index in [1.54, 1.807) is 24.0 Å². The highest BCUT2D eigenvalue weighted by molar-refractivity contribution is 5.91.